The molecule has 3 rings (SSSR count). The van der Waals surface area contributed by atoms with Crippen LogP contribution in [0.1, 0.15) is 17.5 Å². The Kier molecular flexibility index (Phi) is 3.77. The molecular formula is C15H14ClN3O2. The predicted molar refractivity (Wildman–Crippen MR) is 80.6 cm³/mol. The number of nitrogens with two attached hydrogens (primary N) is 1. The average Bonchev–Trinajstić information content (AvgIpc) is 2.49. The summed E-state index contributed by atoms with van der Waals surface area (Å²) in [4.78, 5) is 15.5. The van der Waals surface area contributed by atoms with Crippen molar-refractivity contribution in [2.75, 3.05) is 5.32 Å². The summed E-state index contributed by atoms with van der Waals surface area (Å²) in [6, 6.07) is 7.25. The predicted octanol–water partition coefficient (Wildman–Crippen LogP) is 2.87. The number of benzene rings is 1. The van der Waals surface area contributed by atoms with Crippen molar-refractivity contribution in [1.29, 1.82) is 0 Å². The smallest absolute Gasteiger partial charge is 0.238 e. The van der Waals surface area contributed by atoms with Gasteiger partial charge in [0.2, 0.25) is 11.8 Å². The first kappa shape index (κ1) is 13.9. The lowest BCUT2D eigenvalue weighted by atomic mass is 10.0. The monoisotopic (exact) mass is 303 g/mol. The van der Waals surface area contributed by atoms with Crippen molar-refractivity contribution in [1.82, 2.24) is 4.98 Å². The molecule has 0 aliphatic carbocycles. The van der Waals surface area contributed by atoms with Crippen LogP contribution < -0.4 is 15.8 Å². The SMILES string of the molecule is NCc1ccnc(Oc2ccc3c(c2)CCC(=O)N3)c1Cl. The Morgan fingerprint density at radius 3 is 3.00 bits per heavy atom. The highest BCUT2D eigenvalue weighted by Gasteiger charge is 2.16. The van der Waals surface area contributed by atoms with Gasteiger partial charge in [0.05, 0.1) is 0 Å². The number of rotatable bonds is 3. The largest absolute Gasteiger partial charge is 0.438 e. The standard InChI is InChI=1S/C15H14ClN3O2/c16-14-10(8-17)5-6-18-15(14)21-11-2-3-12-9(7-11)1-4-13(20)19-12/h2-3,5-7H,1,4,8,17H2,(H,19,20). The summed E-state index contributed by atoms with van der Waals surface area (Å²) in [6.07, 6.45) is 2.79. The molecule has 0 spiro atoms. The Morgan fingerprint density at radius 1 is 1.33 bits per heavy atom. The summed E-state index contributed by atoms with van der Waals surface area (Å²) in [7, 11) is 0. The molecule has 2 aromatic rings. The molecule has 0 unspecified atom stereocenters. The molecule has 0 radical (unpaired) electrons. The Balaban J connectivity index is 1.87. The van der Waals surface area contributed by atoms with Crippen LogP contribution in [-0.2, 0) is 17.8 Å². The topological polar surface area (TPSA) is 77.2 Å². The van der Waals surface area contributed by atoms with Crippen LogP contribution in [0, 0.1) is 0 Å². The van der Waals surface area contributed by atoms with Gasteiger partial charge in [-0.25, -0.2) is 4.98 Å². The number of nitrogens with one attached hydrogen (secondary N) is 1. The summed E-state index contributed by atoms with van der Waals surface area (Å²) in [5.41, 5.74) is 8.26. The molecule has 1 aliphatic heterocycles. The zero-order chi connectivity index (χ0) is 14.8. The van der Waals surface area contributed by atoms with Gasteiger partial charge in [-0.15, -0.1) is 0 Å². The fourth-order valence-corrected chi connectivity index (χ4v) is 2.45. The lowest BCUT2D eigenvalue weighted by Crippen LogP contribution is -2.18. The minimum absolute atomic E-state index is 0.0385. The average molecular weight is 304 g/mol. The molecule has 6 heteroatoms. The number of carbonyl (C=O) groups excluding carboxylic acids is 1. The van der Waals surface area contributed by atoms with Gasteiger partial charge >= 0.3 is 0 Å². The third-order valence-corrected chi connectivity index (χ3v) is 3.75. The third-order valence-electron chi connectivity index (χ3n) is 3.34. The Labute approximate surface area is 127 Å². The summed E-state index contributed by atoms with van der Waals surface area (Å²) in [5, 5.41) is 3.25. The third kappa shape index (κ3) is 2.84. The number of hydrogen-bond acceptors (Lipinski definition) is 4. The van der Waals surface area contributed by atoms with Crippen LogP contribution in [0.5, 0.6) is 11.6 Å². The highest BCUT2D eigenvalue weighted by atomic mass is 35.5. The zero-order valence-corrected chi connectivity index (χ0v) is 12.0. The fraction of sp³-hybridized carbons (Fsp3) is 0.200. The molecule has 1 aromatic carbocycles. The maximum absolute atomic E-state index is 11.3. The second-order valence-corrected chi connectivity index (χ2v) is 5.14. The van der Waals surface area contributed by atoms with E-state index in [1.807, 2.05) is 12.1 Å². The van der Waals surface area contributed by atoms with E-state index in [1.54, 1.807) is 18.3 Å². The number of carbonyl (C=O) groups is 1. The minimum Gasteiger partial charge on any atom is -0.438 e. The molecule has 0 saturated carbocycles. The minimum atomic E-state index is 0.0385. The molecular weight excluding hydrogens is 290 g/mol. The normalized spacial score (nSPS) is 13.5. The van der Waals surface area contributed by atoms with E-state index in [-0.39, 0.29) is 5.91 Å². The highest BCUT2D eigenvalue weighted by Crippen LogP contribution is 2.32. The highest BCUT2D eigenvalue weighted by molar-refractivity contribution is 6.32. The number of aromatic nitrogens is 1. The van der Waals surface area contributed by atoms with Crippen LogP contribution in [-0.4, -0.2) is 10.9 Å². The van der Waals surface area contributed by atoms with Crippen LogP contribution >= 0.6 is 11.6 Å². The van der Waals surface area contributed by atoms with Crippen LogP contribution in [0.15, 0.2) is 30.5 Å². The van der Waals surface area contributed by atoms with Gasteiger partial charge in [-0.05, 0) is 41.8 Å². The van der Waals surface area contributed by atoms with Crippen LogP contribution in [0.2, 0.25) is 5.02 Å². The molecule has 21 heavy (non-hydrogen) atoms. The Morgan fingerprint density at radius 2 is 2.19 bits per heavy atom. The van der Waals surface area contributed by atoms with E-state index in [4.69, 9.17) is 22.1 Å². The Bertz CT molecular complexity index is 703. The van der Waals surface area contributed by atoms with Crippen molar-refractivity contribution in [2.45, 2.75) is 19.4 Å². The van der Waals surface area contributed by atoms with Crippen molar-refractivity contribution in [3.05, 3.63) is 46.6 Å². The number of ether oxygens (including phenoxy) is 1. The van der Waals surface area contributed by atoms with E-state index >= 15 is 0 Å². The lowest BCUT2D eigenvalue weighted by Gasteiger charge is -2.17. The molecule has 0 saturated heterocycles. The van der Waals surface area contributed by atoms with Crippen molar-refractivity contribution in [3.8, 4) is 11.6 Å². The molecule has 0 bridgehead atoms. The van der Waals surface area contributed by atoms with Crippen LogP contribution in [0.4, 0.5) is 5.69 Å². The number of halogens is 1. The van der Waals surface area contributed by atoms with Gasteiger partial charge in [0.15, 0.2) is 0 Å². The molecule has 2 heterocycles. The number of fused-ring (bicyclic) bond motifs is 1. The van der Waals surface area contributed by atoms with Crippen LogP contribution in [0.3, 0.4) is 0 Å². The number of anilines is 1. The Hall–Kier alpha value is -2.11. The zero-order valence-electron chi connectivity index (χ0n) is 11.2. The number of hydrogen-bond donors (Lipinski definition) is 2. The summed E-state index contributed by atoms with van der Waals surface area (Å²) in [5.74, 6) is 1.00. The fourth-order valence-electron chi connectivity index (χ4n) is 2.23. The molecule has 0 fully saturated rings. The number of pyridine rings is 1. The maximum atomic E-state index is 11.3. The number of nitrogens with zero attached hydrogens (tertiary/aromatic N) is 1. The van der Waals surface area contributed by atoms with Gasteiger partial charge in [0.1, 0.15) is 10.8 Å². The summed E-state index contributed by atoms with van der Waals surface area (Å²) < 4.78 is 5.73. The molecule has 1 aromatic heterocycles. The second-order valence-electron chi connectivity index (χ2n) is 4.76. The maximum Gasteiger partial charge on any atom is 0.238 e. The first-order chi connectivity index (χ1) is 10.2. The van der Waals surface area contributed by atoms with Crippen LogP contribution in [0.25, 0.3) is 0 Å². The molecule has 108 valence electrons. The van der Waals surface area contributed by atoms with Gasteiger partial charge in [0, 0.05) is 24.8 Å². The van der Waals surface area contributed by atoms with E-state index in [2.05, 4.69) is 10.3 Å². The van der Waals surface area contributed by atoms with E-state index in [0.717, 1.165) is 16.8 Å². The van der Waals surface area contributed by atoms with Crippen molar-refractivity contribution >= 4 is 23.2 Å². The molecule has 5 nitrogen and oxygen atoms in total. The van der Waals surface area contributed by atoms with E-state index in [9.17, 15) is 4.79 Å². The summed E-state index contributed by atoms with van der Waals surface area (Å²) in [6.45, 7) is 0.327. The van der Waals surface area contributed by atoms with Gasteiger partial charge in [-0.2, -0.15) is 0 Å². The first-order valence-corrected chi connectivity index (χ1v) is 6.99. The van der Waals surface area contributed by atoms with E-state index in [1.165, 1.54) is 0 Å². The number of amides is 1. The van der Waals surface area contributed by atoms with Crippen molar-refractivity contribution in [3.63, 3.8) is 0 Å². The second kappa shape index (κ2) is 5.71. The summed E-state index contributed by atoms with van der Waals surface area (Å²) >= 11 is 6.20. The van der Waals surface area contributed by atoms with Crippen molar-refractivity contribution < 1.29 is 9.53 Å². The molecule has 3 N–H and O–H groups in total. The lowest BCUT2D eigenvalue weighted by molar-refractivity contribution is -0.116. The quantitative estimate of drug-likeness (QED) is 0.914. The first-order valence-electron chi connectivity index (χ1n) is 6.61. The van der Waals surface area contributed by atoms with E-state index < -0.39 is 0 Å². The van der Waals surface area contributed by atoms with E-state index in [0.29, 0.717) is 36.0 Å². The molecule has 1 amide bonds. The van der Waals surface area contributed by atoms with Crippen molar-refractivity contribution in [2.24, 2.45) is 5.73 Å². The van der Waals surface area contributed by atoms with Gasteiger partial charge in [-0.1, -0.05) is 11.6 Å². The van der Waals surface area contributed by atoms with Gasteiger partial charge < -0.3 is 15.8 Å². The molecule has 0 atom stereocenters. The van der Waals surface area contributed by atoms with Gasteiger partial charge in [-0.3, -0.25) is 4.79 Å². The number of aryl methyl sites for hydroxylation is 1. The van der Waals surface area contributed by atoms with Gasteiger partial charge in [0.25, 0.3) is 0 Å². The molecule has 1 aliphatic rings.